The lowest BCUT2D eigenvalue weighted by atomic mass is 10.2. The Labute approximate surface area is 110 Å². The van der Waals surface area contributed by atoms with Gasteiger partial charge in [-0.15, -0.1) is 0 Å². The van der Waals surface area contributed by atoms with Gasteiger partial charge in [-0.05, 0) is 29.8 Å². The fraction of sp³-hybridized carbons (Fsp3) is 0.0714. The molecular weight excluding hydrogens is 250 g/mol. The van der Waals surface area contributed by atoms with Gasteiger partial charge in [0, 0.05) is 0 Å². The number of nitriles is 1. The molecule has 1 N–H and O–H groups in total. The van der Waals surface area contributed by atoms with Gasteiger partial charge in [0.1, 0.15) is 23.1 Å². The van der Waals surface area contributed by atoms with Crippen LogP contribution in [0.4, 0.5) is 0 Å². The zero-order chi connectivity index (χ0) is 13.0. The zero-order valence-corrected chi connectivity index (χ0v) is 10.2. The van der Waals surface area contributed by atoms with Crippen molar-refractivity contribution in [3.8, 4) is 17.6 Å². The lowest BCUT2D eigenvalue weighted by Gasteiger charge is -2.08. The Kier molecular flexibility index (Phi) is 3.83. The molecule has 2 rings (SSSR count). The number of aliphatic hydroxyl groups is 1. The highest BCUT2D eigenvalue weighted by molar-refractivity contribution is 6.31. The van der Waals surface area contributed by atoms with Crippen LogP contribution in [0.2, 0.25) is 5.02 Å². The number of aliphatic hydroxyl groups excluding tert-OH is 1. The van der Waals surface area contributed by atoms with Crippen molar-refractivity contribution in [3.05, 3.63) is 58.6 Å². The molecular formula is C14H10ClNO2. The Morgan fingerprint density at radius 1 is 1.17 bits per heavy atom. The Bertz CT molecular complexity index is 588. The molecule has 0 atom stereocenters. The standard InChI is InChI=1S/C14H10ClNO2/c15-13-2-1-3-14(12(13)8-16)18-11-6-4-10(9-17)5-7-11/h1-7,17H,9H2. The van der Waals surface area contributed by atoms with Crippen LogP contribution in [-0.4, -0.2) is 5.11 Å². The van der Waals surface area contributed by atoms with Crippen LogP contribution in [0.3, 0.4) is 0 Å². The van der Waals surface area contributed by atoms with Crippen molar-refractivity contribution in [2.24, 2.45) is 0 Å². The van der Waals surface area contributed by atoms with E-state index in [9.17, 15) is 0 Å². The van der Waals surface area contributed by atoms with Crippen LogP contribution in [-0.2, 0) is 6.61 Å². The van der Waals surface area contributed by atoms with Gasteiger partial charge in [0.15, 0.2) is 0 Å². The molecule has 0 radical (unpaired) electrons. The zero-order valence-electron chi connectivity index (χ0n) is 9.43. The first-order valence-corrected chi connectivity index (χ1v) is 5.68. The number of nitrogens with zero attached hydrogens (tertiary/aromatic N) is 1. The van der Waals surface area contributed by atoms with E-state index in [1.54, 1.807) is 42.5 Å². The first-order valence-electron chi connectivity index (χ1n) is 5.31. The van der Waals surface area contributed by atoms with Gasteiger partial charge < -0.3 is 9.84 Å². The summed E-state index contributed by atoms with van der Waals surface area (Å²) in [7, 11) is 0. The SMILES string of the molecule is N#Cc1c(Cl)cccc1Oc1ccc(CO)cc1. The molecule has 0 saturated heterocycles. The monoisotopic (exact) mass is 259 g/mol. The van der Waals surface area contributed by atoms with Crippen LogP contribution in [0, 0.1) is 11.3 Å². The molecule has 0 spiro atoms. The molecule has 90 valence electrons. The third kappa shape index (κ3) is 2.62. The minimum absolute atomic E-state index is 0.0130. The van der Waals surface area contributed by atoms with Crippen LogP contribution in [0.15, 0.2) is 42.5 Å². The topological polar surface area (TPSA) is 53.2 Å². The maximum absolute atomic E-state index is 9.01. The van der Waals surface area contributed by atoms with E-state index < -0.39 is 0 Å². The molecule has 0 unspecified atom stereocenters. The molecule has 18 heavy (non-hydrogen) atoms. The van der Waals surface area contributed by atoms with Crippen molar-refractivity contribution in [1.29, 1.82) is 5.26 Å². The Hall–Kier alpha value is -2.02. The molecule has 0 aliphatic rings. The summed E-state index contributed by atoms with van der Waals surface area (Å²) in [6.45, 7) is -0.0130. The van der Waals surface area contributed by atoms with E-state index in [-0.39, 0.29) is 6.61 Å². The predicted octanol–water partition coefficient (Wildman–Crippen LogP) is 3.50. The van der Waals surface area contributed by atoms with Crippen LogP contribution < -0.4 is 4.74 Å². The quantitative estimate of drug-likeness (QED) is 0.918. The smallest absolute Gasteiger partial charge is 0.146 e. The van der Waals surface area contributed by atoms with Crippen LogP contribution in [0.25, 0.3) is 0 Å². The van der Waals surface area contributed by atoms with Crippen molar-refractivity contribution in [3.63, 3.8) is 0 Å². The van der Waals surface area contributed by atoms with Crippen molar-refractivity contribution in [2.75, 3.05) is 0 Å². The predicted molar refractivity (Wildman–Crippen MR) is 68.6 cm³/mol. The third-order valence-electron chi connectivity index (χ3n) is 2.42. The highest BCUT2D eigenvalue weighted by atomic mass is 35.5. The van der Waals surface area contributed by atoms with Crippen LogP contribution in [0.5, 0.6) is 11.5 Å². The molecule has 0 fully saturated rings. The number of benzene rings is 2. The van der Waals surface area contributed by atoms with Crippen molar-refractivity contribution in [1.82, 2.24) is 0 Å². The van der Waals surface area contributed by atoms with Gasteiger partial charge in [-0.2, -0.15) is 5.26 Å². The molecule has 0 aliphatic heterocycles. The summed E-state index contributed by atoms with van der Waals surface area (Å²) in [5, 5.41) is 18.3. The molecule has 0 saturated carbocycles. The molecule has 0 amide bonds. The lowest BCUT2D eigenvalue weighted by molar-refractivity contribution is 0.281. The second kappa shape index (κ2) is 5.54. The van der Waals surface area contributed by atoms with E-state index >= 15 is 0 Å². The number of rotatable bonds is 3. The fourth-order valence-corrected chi connectivity index (χ4v) is 1.70. The summed E-state index contributed by atoms with van der Waals surface area (Å²) >= 11 is 5.91. The Morgan fingerprint density at radius 3 is 2.50 bits per heavy atom. The fourth-order valence-electron chi connectivity index (χ4n) is 1.49. The summed E-state index contributed by atoms with van der Waals surface area (Å²) in [6.07, 6.45) is 0. The molecule has 0 heterocycles. The van der Waals surface area contributed by atoms with Crippen molar-refractivity contribution in [2.45, 2.75) is 6.61 Å². The van der Waals surface area contributed by atoms with E-state index in [0.29, 0.717) is 22.1 Å². The summed E-state index contributed by atoms with van der Waals surface area (Å²) in [5.41, 5.74) is 1.11. The average Bonchev–Trinajstić information content (AvgIpc) is 2.40. The number of halogens is 1. The second-order valence-electron chi connectivity index (χ2n) is 3.63. The summed E-state index contributed by atoms with van der Waals surface area (Å²) in [5.74, 6) is 1.01. The Balaban J connectivity index is 2.28. The molecule has 2 aromatic carbocycles. The normalized spacial score (nSPS) is 9.83. The molecule has 0 aliphatic carbocycles. The minimum Gasteiger partial charge on any atom is -0.456 e. The van der Waals surface area contributed by atoms with Gasteiger partial charge in [0.05, 0.1) is 11.6 Å². The highest BCUT2D eigenvalue weighted by Crippen LogP contribution is 2.29. The molecule has 0 bridgehead atoms. The largest absolute Gasteiger partial charge is 0.456 e. The first-order chi connectivity index (χ1) is 8.74. The van der Waals surface area contributed by atoms with E-state index in [4.69, 9.17) is 26.7 Å². The van der Waals surface area contributed by atoms with Gasteiger partial charge in [0.2, 0.25) is 0 Å². The van der Waals surface area contributed by atoms with E-state index in [0.717, 1.165) is 5.56 Å². The van der Waals surface area contributed by atoms with Gasteiger partial charge in [-0.25, -0.2) is 0 Å². The van der Waals surface area contributed by atoms with Crippen LogP contribution in [0.1, 0.15) is 11.1 Å². The van der Waals surface area contributed by atoms with Gasteiger partial charge in [-0.3, -0.25) is 0 Å². The molecule has 2 aromatic rings. The van der Waals surface area contributed by atoms with Crippen LogP contribution >= 0.6 is 11.6 Å². The van der Waals surface area contributed by atoms with Crippen molar-refractivity contribution < 1.29 is 9.84 Å². The van der Waals surface area contributed by atoms with Crippen molar-refractivity contribution >= 4 is 11.6 Å². The summed E-state index contributed by atoms with van der Waals surface area (Å²) in [4.78, 5) is 0. The highest BCUT2D eigenvalue weighted by Gasteiger charge is 2.08. The number of hydrogen-bond donors (Lipinski definition) is 1. The van der Waals surface area contributed by atoms with E-state index in [2.05, 4.69) is 0 Å². The number of hydrogen-bond acceptors (Lipinski definition) is 3. The first kappa shape index (κ1) is 12.4. The maximum Gasteiger partial charge on any atom is 0.146 e. The maximum atomic E-state index is 9.01. The molecule has 3 nitrogen and oxygen atoms in total. The molecule has 4 heteroatoms. The van der Waals surface area contributed by atoms with Gasteiger partial charge >= 0.3 is 0 Å². The number of ether oxygens (including phenoxy) is 1. The Morgan fingerprint density at radius 2 is 1.89 bits per heavy atom. The molecule has 0 aromatic heterocycles. The summed E-state index contributed by atoms with van der Waals surface area (Å²) in [6, 6.07) is 14.0. The van der Waals surface area contributed by atoms with Gasteiger partial charge in [-0.1, -0.05) is 29.8 Å². The second-order valence-corrected chi connectivity index (χ2v) is 4.04. The minimum atomic E-state index is -0.0130. The van der Waals surface area contributed by atoms with Gasteiger partial charge in [0.25, 0.3) is 0 Å². The average molecular weight is 260 g/mol. The summed E-state index contributed by atoms with van der Waals surface area (Å²) < 4.78 is 5.59. The van der Waals surface area contributed by atoms with E-state index in [1.165, 1.54) is 0 Å². The third-order valence-corrected chi connectivity index (χ3v) is 2.74. The van der Waals surface area contributed by atoms with E-state index in [1.807, 2.05) is 6.07 Å². The lowest BCUT2D eigenvalue weighted by Crippen LogP contribution is -1.90.